The predicted octanol–water partition coefficient (Wildman–Crippen LogP) is 3.82. The van der Waals surface area contributed by atoms with Crippen LogP contribution >= 0.6 is 21.6 Å². The Morgan fingerprint density at radius 1 is 1.30 bits per heavy atom. The number of hydrogen-bond donors (Lipinski definition) is 0. The molecule has 0 unspecified atom stereocenters. The number of rotatable bonds is 6. The lowest BCUT2D eigenvalue weighted by Crippen LogP contribution is -2.00. The molecule has 0 N–H and O–H groups in total. The molecule has 0 aromatic carbocycles. The van der Waals surface area contributed by atoms with Crippen LogP contribution in [0.25, 0.3) is 0 Å². The van der Waals surface area contributed by atoms with Crippen LogP contribution in [-0.2, 0) is 0 Å². The van der Waals surface area contributed by atoms with Gasteiger partial charge in [0.15, 0.2) is 0 Å². The molecule has 0 rings (SSSR count). The summed E-state index contributed by atoms with van der Waals surface area (Å²) in [6.07, 6.45) is 6.25. The largest absolute Gasteiger partial charge is 0.0976 e. The molecule has 0 aliphatic rings. The SMILES string of the molecule is CCC[C@H](CC)CSSC. The first kappa shape index (κ1) is 10.7. The molecule has 1 atom stereocenters. The molecule has 0 heterocycles. The Morgan fingerprint density at radius 2 is 2.00 bits per heavy atom. The molecule has 0 fully saturated rings. The van der Waals surface area contributed by atoms with E-state index in [4.69, 9.17) is 0 Å². The van der Waals surface area contributed by atoms with Crippen molar-refractivity contribution < 1.29 is 0 Å². The van der Waals surface area contributed by atoms with Crippen LogP contribution in [0.4, 0.5) is 0 Å². The molecule has 0 saturated carbocycles. The van der Waals surface area contributed by atoms with E-state index in [2.05, 4.69) is 20.1 Å². The van der Waals surface area contributed by atoms with Crippen LogP contribution in [0.1, 0.15) is 33.1 Å². The average Bonchev–Trinajstić information content (AvgIpc) is 1.98. The Hall–Kier alpha value is 0.700. The molecule has 0 aliphatic carbocycles. The van der Waals surface area contributed by atoms with Gasteiger partial charge in [-0.05, 0) is 18.6 Å². The van der Waals surface area contributed by atoms with Crippen LogP contribution in [-0.4, -0.2) is 12.0 Å². The molecule has 0 saturated heterocycles. The van der Waals surface area contributed by atoms with Crippen LogP contribution < -0.4 is 0 Å². The summed E-state index contributed by atoms with van der Waals surface area (Å²) in [6.45, 7) is 4.56. The normalized spacial score (nSPS) is 13.5. The molecule has 0 spiro atoms. The monoisotopic (exact) mass is 178 g/mol. The second kappa shape index (κ2) is 7.80. The fourth-order valence-electron chi connectivity index (χ4n) is 0.978. The molecule has 10 heavy (non-hydrogen) atoms. The van der Waals surface area contributed by atoms with E-state index in [1.54, 1.807) is 0 Å². The second-order valence-electron chi connectivity index (χ2n) is 2.51. The topological polar surface area (TPSA) is 0 Å². The Balaban J connectivity index is 3.21. The molecule has 0 amide bonds. The fourth-order valence-corrected chi connectivity index (χ4v) is 2.69. The molecule has 62 valence electrons. The van der Waals surface area contributed by atoms with Crippen LogP contribution in [0.5, 0.6) is 0 Å². The summed E-state index contributed by atoms with van der Waals surface area (Å²) >= 11 is 0. The Morgan fingerprint density at radius 3 is 2.40 bits per heavy atom. The van der Waals surface area contributed by atoms with Crippen LogP contribution in [0.15, 0.2) is 0 Å². The van der Waals surface area contributed by atoms with Crippen LogP contribution in [0.3, 0.4) is 0 Å². The quantitative estimate of drug-likeness (QED) is 0.567. The van der Waals surface area contributed by atoms with Crippen molar-refractivity contribution in [2.24, 2.45) is 5.92 Å². The zero-order chi connectivity index (χ0) is 7.82. The van der Waals surface area contributed by atoms with Crippen molar-refractivity contribution in [3.8, 4) is 0 Å². The minimum atomic E-state index is 0.961. The van der Waals surface area contributed by atoms with E-state index >= 15 is 0 Å². The van der Waals surface area contributed by atoms with E-state index in [0.29, 0.717) is 0 Å². The van der Waals surface area contributed by atoms with E-state index in [9.17, 15) is 0 Å². The van der Waals surface area contributed by atoms with Crippen molar-refractivity contribution in [1.29, 1.82) is 0 Å². The van der Waals surface area contributed by atoms with Gasteiger partial charge in [0.1, 0.15) is 0 Å². The summed E-state index contributed by atoms with van der Waals surface area (Å²) in [4.78, 5) is 0. The zero-order valence-electron chi connectivity index (χ0n) is 7.22. The van der Waals surface area contributed by atoms with E-state index in [-0.39, 0.29) is 0 Å². The lowest BCUT2D eigenvalue weighted by molar-refractivity contribution is 0.518. The molecule has 2 heteroatoms. The van der Waals surface area contributed by atoms with Gasteiger partial charge in [0.05, 0.1) is 0 Å². The highest BCUT2D eigenvalue weighted by Crippen LogP contribution is 2.24. The Kier molecular flexibility index (Phi) is 8.35. The Bertz CT molecular complexity index is 64.3. The minimum absolute atomic E-state index is 0.961. The maximum Gasteiger partial charge on any atom is 0.00651 e. The van der Waals surface area contributed by atoms with Crippen LogP contribution in [0.2, 0.25) is 0 Å². The Labute approximate surface area is 72.9 Å². The molecule has 0 bridgehead atoms. The molecule has 0 aromatic heterocycles. The van der Waals surface area contributed by atoms with Gasteiger partial charge in [-0.15, -0.1) is 0 Å². The van der Waals surface area contributed by atoms with Crippen molar-refractivity contribution in [1.82, 2.24) is 0 Å². The standard InChI is InChI=1S/C8H18S2/c1-4-6-8(5-2)7-10-9-3/h8H,4-7H2,1-3H3/t8-/m0/s1. The van der Waals surface area contributed by atoms with E-state index in [1.807, 2.05) is 21.6 Å². The highest BCUT2D eigenvalue weighted by Gasteiger charge is 2.03. The van der Waals surface area contributed by atoms with Crippen molar-refractivity contribution >= 4 is 21.6 Å². The van der Waals surface area contributed by atoms with Gasteiger partial charge in [-0.3, -0.25) is 0 Å². The summed E-state index contributed by atoms with van der Waals surface area (Å²) in [6, 6.07) is 0. The third-order valence-corrected chi connectivity index (χ3v) is 3.65. The predicted molar refractivity (Wildman–Crippen MR) is 54.7 cm³/mol. The van der Waals surface area contributed by atoms with Gasteiger partial charge in [0.25, 0.3) is 0 Å². The molecule has 0 aliphatic heterocycles. The summed E-state index contributed by atoms with van der Waals surface area (Å²) < 4.78 is 0. The molecule has 0 aromatic rings. The third kappa shape index (κ3) is 5.48. The highest BCUT2D eigenvalue weighted by atomic mass is 33.1. The average molecular weight is 178 g/mol. The van der Waals surface area contributed by atoms with Gasteiger partial charge in [-0.1, -0.05) is 48.3 Å². The maximum atomic E-state index is 2.29. The molecule has 0 nitrogen and oxygen atoms in total. The first-order valence-electron chi connectivity index (χ1n) is 4.00. The summed E-state index contributed by atoms with van der Waals surface area (Å²) in [7, 11) is 3.89. The first-order valence-corrected chi connectivity index (χ1v) is 6.73. The van der Waals surface area contributed by atoms with Gasteiger partial charge in [0, 0.05) is 5.75 Å². The third-order valence-electron chi connectivity index (χ3n) is 1.70. The van der Waals surface area contributed by atoms with Crippen molar-refractivity contribution in [3.63, 3.8) is 0 Å². The second-order valence-corrected chi connectivity index (χ2v) is 5.12. The lowest BCUT2D eigenvalue weighted by atomic mass is 10.0. The first-order chi connectivity index (χ1) is 4.85. The van der Waals surface area contributed by atoms with Crippen molar-refractivity contribution in [3.05, 3.63) is 0 Å². The van der Waals surface area contributed by atoms with Gasteiger partial charge < -0.3 is 0 Å². The fraction of sp³-hybridized carbons (Fsp3) is 1.00. The zero-order valence-corrected chi connectivity index (χ0v) is 8.86. The van der Waals surface area contributed by atoms with E-state index in [0.717, 1.165) is 5.92 Å². The minimum Gasteiger partial charge on any atom is -0.0976 e. The highest BCUT2D eigenvalue weighted by molar-refractivity contribution is 8.76. The molecular weight excluding hydrogens is 160 g/mol. The summed E-state index contributed by atoms with van der Waals surface area (Å²) in [5.41, 5.74) is 0. The van der Waals surface area contributed by atoms with Gasteiger partial charge in [-0.2, -0.15) is 0 Å². The maximum absolute atomic E-state index is 2.29. The summed E-state index contributed by atoms with van der Waals surface area (Å²) in [5, 5.41) is 0. The number of hydrogen-bond acceptors (Lipinski definition) is 2. The van der Waals surface area contributed by atoms with E-state index < -0.39 is 0 Å². The van der Waals surface area contributed by atoms with Crippen molar-refractivity contribution in [2.45, 2.75) is 33.1 Å². The van der Waals surface area contributed by atoms with E-state index in [1.165, 1.54) is 25.0 Å². The summed E-state index contributed by atoms with van der Waals surface area (Å²) in [5.74, 6) is 2.30. The van der Waals surface area contributed by atoms with Gasteiger partial charge in [0.2, 0.25) is 0 Å². The molecule has 0 radical (unpaired) electrons. The van der Waals surface area contributed by atoms with Crippen molar-refractivity contribution in [2.75, 3.05) is 12.0 Å². The molecular formula is C8H18S2. The van der Waals surface area contributed by atoms with Gasteiger partial charge >= 0.3 is 0 Å². The lowest BCUT2D eigenvalue weighted by Gasteiger charge is -2.10. The smallest absolute Gasteiger partial charge is 0.00651 e. The van der Waals surface area contributed by atoms with Gasteiger partial charge in [-0.25, -0.2) is 0 Å². The van der Waals surface area contributed by atoms with Crippen LogP contribution in [0, 0.1) is 5.92 Å².